The molecular weight excluding hydrogens is 1180 g/mol. The average molecular weight is 1240 g/mol. The van der Waals surface area contributed by atoms with Crippen LogP contribution in [0.4, 0.5) is 22.9 Å². The van der Waals surface area contributed by atoms with Crippen molar-refractivity contribution in [3.05, 3.63) is 258 Å². The monoisotopic (exact) mass is 1240 g/mol. The summed E-state index contributed by atoms with van der Waals surface area (Å²) in [6.45, 7) is 10.5. The Morgan fingerprint density at radius 3 is 1.91 bits per heavy atom. The number of anilines is 4. The van der Waals surface area contributed by atoms with Crippen molar-refractivity contribution in [2.45, 2.75) is 46.4 Å². The quantitative estimate of drug-likeness (QED) is 0.101. The van der Waals surface area contributed by atoms with Gasteiger partial charge in [-0.15, -0.1) is 6.07 Å². The fourth-order valence-corrected chi connectivity index (χ4v) is 13.7. The van der Waals surface area contributed by atoms with Gasteiger partial charge in [-0.25, -0.2) is 0 Å². The number of hydrogen-bond donors (Lipinski definition) is 0. The minimum absolute atomic E-state index is 0.125. The third-order valence-corrected chi connectivity index (χ3v) is 17.3. The number of benzene rings is 10. The summed E-state index contributed by atoms with van der Waals surface area (Å²) in [4.78, 5) is 10.3. The second-order valence-electron chi connectivity index (χ2n) is 22.7. The van der Waals surface area contributed by atoms with E-state index >= 15 is 0 Å². The second-order valence-corrected chi connectivity index (χ2v) is 23.8. The molecule has 0 atom stereocenters. The molecule has 8 heteroatoms. The van der Waals surface area contributed by atoms with Crippen LogP contribution in [0.15, 0.2) is 231 Å². The first-order valence-electron chi connectivity index (χ1n) is 29.1. The summed E-state index contributed by atoms with van der Waals surface area (Å²) in [5, 5.41) is 0. The van der Waals surface area contributed by atoms with Gasteiger partial charge in [0.05, 0.1) is 0 Å². The number of fused-ring (bicyclic) bond motifs is 10. The fraction of sp³-hybridized carbons (Fsp3) is 0.108. The predicted octanol–water partition coefficient (Wildman–Crippen LogP) is 18.1. The van der Waals surface area contributed by atoms with Gasteiger partial charge >= 0.3 is 425 Å². The van der Waals surface area contributed by atoms with Crippen molar-refractivity contribution < 1.29 is 26.8 Å². The Bertz CT molecular complexity index is 4700. The molecule has 2 aromatic heterocycles. The number of rotatable bonds is 10. The molecule has 82 heavy (non-hydrogen) atoms. The van der Waals surface area contributed by atoms with E-state index in [2.05, 4.69) is 265 Å². The topological polar surface area (TPSA) is 38.5 Å². The Labute approximate surface area is 493 Å². The number of imidazole rings is 1. The first kappa shape index (κ1) is 47.8. The van der Waals surface area contributed by atoms with E-state index in [-0.39, 0.29) is 18.3 Å². The van der Waals surface area contributed by atoms with E-state index in [1.54, 1.807) is 0 Å². The fourth-order valence-electron chi connectivity index (χ4n) is 12.6. The number of hydrogen-bond acceptors (Lipinski definition) is 4. The van der Waals surface area contributed by atoms with E-state index in [1.807, 2.05) is 50.2 Å². The van der Waals surface area contributed by atoms with Gasteiger partial charge in [0.25, 0.3) is 0 Å². The van der Waals surface area contributed by atoms with Gasteiger partial charge in [-0.2, -0.15) is 12.1 Å². The van der Waals surface area contributed by atoms with Crippen molar-refractivity contribution in [2.24, 2.45) is 5.92 Å². The normalized spacial score (nSPS) is 13.4. The van der Waals surface area contributed by atoms with Crippen LogP contribution in [-0.2, 0) is 31.1 Å². The SMILES string of the molecule is [2H]C([2H])(c1ccccc1-c1ccc(-n2[c](=[Pt])n(-c3c(-c4ccccc4)cccc3-c3cc(-c4ccccc4)cc(C(C)(C)C)c3)c3ccccc32)[c-]c1Oc1ccc2c(n1)N1B3c4c(cccc4-2)-c2ccccc2N3c2ccc[c-]c21)C(C)C. The van der Waals surface area contributed by atoms with Crippen molar-refractivity contribution in [1.29, 1.82) is 0 Å². The second kappa shape index (κ2) is 19.6. The van der Waals surface area contributed by atoms with Gasteiger partial charge in [0.1, 0.15) is 0 Å². The molecular formula is C74H56BN5OPt-2. The standard InChI is InChI=1S/C74H56BN5O.Pt/c1-48(2)42-51-26-12-13-27-56(51)60-39-38-55(46-69(60)81-70-41-40-63-62-32-21-31-61-59-28-14-15-33-64(59)79-67-36-18-19-37-68(67)80(73(63)76-70)75(79)71(61)62)77-47-78(66-35-17-16-34-65(66)77)72-57(50-24-10-7-11-25-50)29-20-30-58(72)53-43-52(49-22-8-6-9-23-49)44-54(45-53)74(3,4)5;/h6-36,38-41,43-45,48H,42H2,1-5H3;/q-2;/i42D2;. The van der Waals surface area contributed by atoms with Gasteiger partial charge < -0.3 is 0 Å². The zero-order chi connectivity index (χ0) is 57.2. The van der Waals surface area contributed by atoms with Crippen molar-refractivity contribution in [1.82, 2.24) is 14.1 Å². The number of para-hydroxylation sites is 5. The Hall–Kier alpha value is -9.03. The first-order valence-corrected chi connectivity index (χ1v) is 29.2. The minimum atomic E-state index is -1.66. The summed E-state index contributed by atoms with van der Waals surface area (Å²) in [5.41, 5.74) is 22.6. The van der Waals surface area contributed by atoms with Crippen LogP contribution in [-0.4, -0.2) is 21.1 Å². The molecule has 5 heterocycles. The molecule has 0 spiro atoms. The molecule has 0 radical (unpaired) electrons. The van der Waals surface area contributed by atoms with Gasteiger partial charge in [-0.05, 0) is 11.6 Å². The number of nitrogens with zero attached hydrogens (tertiary/aromatic N) is 5. The molecule has 398 valence electrons. The van der Waals surface area contributed by atoms with Crippen molar-refractivity contribution in [3.8, 4) is 89.8 Å². The van der Waals surface area contributed by atoms with E-state index in [9.17, 15) is 2.74 Å². The summed E-state index contributed by atoms with van der Waals surface area (Å²) < 4.78 is 31.9. The number of ether oxygens (including phenoxy) is 1. The third-order valence-electron chi connectivity index (χ3n) is 16.3. The molecule has 3 aliphatic heterocycles. The Morgan fingerprint density at radius 1 is 0.549 bits per heavy atom. The van der Waals surface area contributed by atoms with E-state index < -0.39 is 6.37 Å². The zero-order valence-electron chi connectivity index (χ0n) is 48.1. The molecule has 0 saturated carbocycles. The average Bonchev–Trinajstić information content (AvgIpc) is 3.95. The zero-order valence-corrected chi connectivity index (χ0v) is 48.3. The summed E-state index contributed by atoms with van der Waals surface area (Å²) in [6.07, 6.45) is -1.66. The summed E-state index contributed by atoms with van der Waals surface area (Å²) >= 11 is 2.50. The van der Waals surface area contributed by atoms with Crippen LogP contribution in [0.2, 0.25) is 0 Å². The molecule has 15 rings (SSSR count). The maximum absolute atomic E-state index is 9.50. The molecule has 0 aliphatic carbocycles. The Balaban J connectivity index is 0.941. The van der Waals surface area contributed by atoms with Crippen molar-refractivity contribution in [3.63, 3.8) is 0 Å². The van der Waals surface area contributed by atoms with Crippen LogP contribution < -0.4 is 19.8 Å². The van der Waals surface area contributed by atoms with E-state index in [0.29, 0.717) is 22.8 Å². The van der Waals surface area contributed by atoms with Crippen molar-refractivity contribution in [2.75, 3.05) is 9.62 Å². The molecule has 6 nitrogen and oxygen atoms in total. The first-order chi connectivity index (χ1) is 40.8. The Morgan fingerprint density at radius 2 is 1.16 bits per heavy atom. The van der Waals surface area contributed by atoms with E-state index in [0.717, 1.165) is 88.0 Å². The van der Waals surface area contributed by atoms with Gasteiger partial charge in [-0.1, -0.05) is 30.3 Å². The van der Waals surface area contributed by atoms with Gasteiger partial charge in [0.15, 0.2) is 0 Å². The molecule has 0 saturated heterocycles. The van der Waals surface area contributed by atoms with Crippen LogP contribution in [0.3, 0.4) is 0 Å². The molecule has 0 bridgehead atoms. The molecule has 0 unspecified atom stereocenters. The predicted molar refractivity (Wildman–Crippen MR) is 334 cm³/mol. The number of aromatic nitrogens is 3. The van der Waals surface area contributed by atoms with E-state index in [1.165, 1.54) is 33.3 Å². The van der Waals surface area contributed by atoms with Crippen LogP contribution in [0.5, 0.6) is 11.6 Å². The van der Waals surface area contributed by atoms with Crippen LogP contribution in [0, 0.1) is 21.9 Å². The molecule has 3 aliphatic rings. The van der Waals surface area contributed by atoms with E-state index in [4.69, 9.17) is 9.72 Å². The van der Waals surface area contributed by atoms with Gasteiger partial charge in [-0.3, -0.25) is 0 Å². The summed E-state index contributed by atoms with van der Waals surface area (Å²) in [7, 11) is 0. The van der Waals surface area contributed by atoms with Crippen LogP contribution in [0.1, 0.15) is 48.5 Å². The molecule has 0 amide bonds. The van der Waals surface area contributed by atoms with Crippen LogP contribution in [0.25, 0.3) is 89.2 Å². The van der Waals surface area contributed by atoms with Crippen LogP contribution >= 0.6 is 0 Å². The molecule has 0 fully saturated rings. The summed E-state index contributed by atoms with van der Waals surface area (Å²) in [6, 6.07) is 88.7. The van der Waals surface area contributed by atoms with Crippen molar-refractivity contribution >= 4 is 46.4 Å². The Kier molecular flexibility index (Phi) is 11.4. The maximum atomic E-state index is 9.50. The molecule has 0 N–H and O–H groups in total. The van der Waals surface area contributed by atoms with Gasteiger partial charge in [0, 0.05) is 11.3 Å². The summed E-state index contributed by atoms with van der Waals surface area (Å²) in [5.74, 6) is 1.27. The third kappa shape index (κ3) is 8.11. The molecule has 12 aromatic rings. The van der Waals surface area contributed by atoms with Gasteiger partial charge in [0.2, 0.25) is 0 Å². The number of pyridine rings is 1. The molecule has 10 aromatic carbocycles.